The molecule has 1 atom stereocenters. The van der Waals surface area contributed by atoms with E-state index in [0.29, 0.717) is 11.5 Å². The Morgan fingerprint density at radius 3 is 2.00 bits per heavy atom. The molecule has 2 nitrogen and oxygen atoms in total. The highest BCUT2D eigenvalue weighted by Gasteiger charge is 2.48. The number of hydrogen-bond donors (Lipinski definition) is 0. The molecule has 1 heterocycles. The molecule has 0 radical (unpaired) electrons. The van der Waals surface area contributed by atoms with E-state index in [2.05, 4.69) is 27.7 Å². The first-order valence-corrected chi connectivity index (χ1v) is 6.75. The lowest BCUT2D eigenvalue weighted by atomic mass is 9.65. The van der Waals surface area contributed by atoms with Crippen LogP contribution in [0.1, 0.15) is 40.5 Å². The smallest absolute Gasteiger partial charge is 0.150 e. The van der Waals surface area contributed by atoms with Crippen LogP contribution >= 0.6 is 0 Å². The second-order valence-corrected chi connectivity index (χ2v) is 7.41. The van der Waals surface area contributed by atoms with Gasteiger partial charge in [0, 0.05) is 0 Å². The SMILES string of the molecule is CC[C@]1(C(C)(C)C)CCS(=O)(=O)C1. The molecule has 0 spiro atoms. The Labute approximate surface area is 81.6 Å². The van der Waals surface area contributed by atoms with Crippen molar-refractivity contribution in [1.82, 2.24) is 0 Å². The molecule has 3 heteroatoms. The van der Waals surface area contributed by atoms with Crippen LogP contribution in [0.25, 0.3) is 0 Å². The van der Waals surface area contributed by atoms with Crippen LogP contribution in [-0.4, -0.2) is 19.9 Å². The van der Waals surface area contributed by atoms with E-state index in [1.54, 1.807) is 0 Å². The predicted octanol–water partition coefficient (Wildman–Crippen LogP) is 2.25. The average Bonchev–Trinajstić information content (AvgIpc) is 2.26. The normalized spacial score (nSPS) is 33.5. The van der Waals surface area contributed by atoms with Gasteiger partial charge in [-0.05, 0) is 23.7 Å². The zero-order valence-corrected chi connectivity index (χ0v) is 9.87. The molecule has 13 heavy (non-hydrogen) atoms. The van der Waals surface area contributed by atoms with Gasteiger partial charge in [0.15, 0.2) is 9.84 Å². The zero-order valence-electron chi connectivity index (χ0n) is 9.05. The molecule has 78 valence electrons. The topological polar surface area (TPSA) is 34.1 Å². The number of sulfone groups is 1. The molecule has 0 bridgehead atoms. The summed E-state index contributed by atoms with van der Waals surface area (Å²) in [4.78, 5) is 0. The van der Waals surface area contributed by atoms with Gasteiger partial charge in [-0.3, -0.25) is 0 Å². The number of hydrogen-bond acceptors (Lipinski definition) is 2. The van der Waals surface area contributed by atoms with Crippen LogP contribution in [0.5, 0.6) is 0 Å². The average molecular weight is 204 g/mol. The molecule has 1 aliphatic heterocycles. The minimum absolute atomic E-state index is 0.0197. The van der Waals surface area contributed by atoms with Crippen LogP contribution in [0.3, 0.4) is 0 Å². The van der Waals surface area contributed by atoms with Gasteiger partial charge in [0.05, 0.1) is 11.5 Å². The van der Waals surface area contributed by atoms with Gasteiger partial charge in [-0.25, -0.2) is 8.42 Å². The lowest BCUT2D eigenvalue weighted by Crippen LogP contribution is -2.36. The first-order valence-electron chi connectivity index (χ1n) is 4.93. The summed E-state index contributed by atoms with van der Waals surface area (Å²) < 4.78 is 22.9. The molecule has 1 rings (SSSR count). The third kappa shape index (κ3) is 1.90. The first kappa shape index (κ1) is 11.0. The molecule has 1 saturated heterocycles. The van der Waals surface area contributed by atoms with E-state index in [-0.39, 0.29) is 10.8 Å². The van der Waals surface area contributed by atoms with Crippen LogP contribution < -0.4 is 0 Å². The van der Waals surface area contributed by atoms with Gasteiger partial charge in [0.1, 0.15) is 0 Å². The first-order chi connectivity index (χ1) is 5.72. The molecule has 0 aromatic carbocycles. The lowest BCUT2D eigenvalue weighted by molar-refractivity contribution is 0.111. The third-order valence-electron chi connectivity index (χ3n) is 3.66. The second kappa shape index (κ2) is 2.97. The van der Waals surface area contributed by atoms with Gasteiger partial charge in [0.2, 0.25) is 0 Å². The van der Waals surface area contributed by atoms with Gasteiger partial charge in [-0.2, -0.15) is 0 Å². The molecule has 0 saturated carbocycles. The van der Waals surface area contributed by atoms with Crippen molar-refractivity contribution in [2.24, 2.45) is 10.8 Å². The van der Waals surface area contributed by atoms with Crippen LogP contribution in [0.4, 0.5) is 0 Å². The van der Waals surface area contributed by atoms with E-state index >= 15 is 0 Å². The summed E-state index contributed by atoms with van der Waals surface area (Å²) in [6.07, 6.45) is 1.81. The highest BCUT2D eigenvalue weighted by molar-refractivity contribution is 7.91. The van der Waals surface area contributed by atoms with Crippen molar-refractivity contribution >= 4 is 9.84 Å². The maximum atomic E-state index is 11.5. The summed E-state index contributed by atoms with van der Waals surface area (Å²) in [5, 5.41) is 0. The predicted molar refractivity (Wildman–Crippen MR) is 55.4 cm³/mol. The molecule has 0 amide bonds. The van der Waals surface area contributed by atoms with Gasteiger partial charge >= 0.3 is 0 Å². The standard InChI is InChI=1S/C10H20O2S/c1-5-10(9(2,3)4)6-7-13(11,12)8-10/h5-8H2,1-4H3/t10-/m0/s1. The van der Waals surface area contributed by atoms with Crippen molar-refractivity contribution in [3.8, 4) is 0 Å². The van der Waals surface area contributed by atoms with Gasteiger partial charge in [0.25, 0.3) is 0 Å². The third-order valence-corrected chi connectivity index (χ3v) is 5.47. The maximum absolute atomic E-state index is 11.5. The van der Waals surface area contributed by atoms with Crippen molar-refractivity contribution in [3.05, 3.63) is 0 Å². The van der Waals surface area contributed by atoms with E-state index in [9.17, 15) is 8.42 Å². The molecule has 1 fully saturated rings. The Kier molecular flexibility index (Phi) is 2.52. The van der Waals surface area contributed by atoms with Crippen molar-refractivity contribution in [2.45, 2.75) is 40.5 Å². The molecule has 0 aromatic heterocycles. The summed E-state index contributed by atoms with van der Waals surface area (Å²) in [6.45, 7) is 8.55. The maximum Gasteiger partial charge on any atom is 0.150 e. The zero-order chi connectivity index (χ0) is 10.3. The molecule has 0 aromatic rings. The Morgan fingerprint density at radius 1 is 1.31 bits per heavy atom. The Bertz CT molecular complexity index is 285. The van der Waals surface area contributed by atoms with Crippen molar-refractivity contribution < 1.29 is 8.42 Å². The van der Waals surface area contributed by atoms with E-state index < -0.39 is 9.84 Å². The quantitative estimate of drug-likeness (QED) is 0.656. The lowest BCUT2D eigenvalue weighted by Gasteiger charge is -2.40. The van der Waals surface area contributed by atoms with Crippen molar-refractivity contribution in [1.29, 1.82) is 0 Å². The van der Waals surface area contributed by atoms with Crippen LogP contribution in [0, 0.1) is 10.8 Å². The summed E-state index contributed by atoms with van der Waals surface area (Å²) in [6, 6.07) is 0. The molecular formula is C10H20O2S. The van der Waals surface area contributed by atoms with Crippen LogP contribution in [-0.2, 0) is 9.84 Å². The Balaban J connectivity index is 3.00. The molecule has 0 unspecified atom stereocenters. The van der Waals surface area contributed by atoms with E-state index in [1.165, 1.54) is 0 Å². The van der Waals surface area contributed by atoms with E-state index in [4.69, 9.17) is 0 Å². The van der Waals surface area contributed by atoms with Gasteiger partial charge in [-0.15, -0.1) is 0 Å². The molecule has 1 aliphatic rings. The van der Waals surface area contributed by atoms with Gasteiger partial charge < -0.3 is 0 Å². The minimum atomic E-state index is -2.75. The summed E-state index contributed by atoms with van der Waals surface area (Å²) in [5.74, 6) is 0.776. The highest BCUT2D eigenvalue weighted by atomic mass is 32.2. The monoisotopic (exact) mass is 204 g/mol. The Morgan fingerprint density at radius 2 is 1.85 bits per heavy atom. The number of rotatable bonds is 1. The minimum Gasteiger partial charge on any atom is -0.229 e. The van der Waals surface area contributed by atoms with Crippen LogP contribution in [0.15, 0.2) is 0 Å². The second-order valence-electron chi connectivity index (χ2n) is 5.23. The van der Waals surface area contributed by atoms with Crippen molar-refractivity contribution in [2.75, 3.05) is 11.5 Å². The summed E-state index contributed by atoms with van der Waals surface area (Å²) >= 11 is 0. The summed E-state index contributed by atoms with van der Waals surface area (Å²) in [7, 11) is -2.75. The summed E-state index contributed by atoms with van der Waals surface area (Å²) in [5.41, 5.74) is 0.122. The van der Waals surface area contributed by atoms with Crippen molar-refractivity contribution in [3.63, 3.8) is 0 Å². The van der Waals surface area contributed by atoms with E-state index in [0.717, 1.165) is 12.8 Å². The Hall–Kier alpha value is -0.0500. The fourth-order valence-electron chi connectivity index (χ4n) is 2.32. The fourth-order valence-corrected chi connectivity index (χ4v) is 4.79. The van der Waals surface area contributed by atoms with E-state index in [1.807, 2.05) is 0 Å². The largest absolute Gasteiger partial charge is 0.229 e. The molecule has 0 N–H and O–H groups in total. The van der Waals surface area contributed by atoms with Crippen LogP contribution in [0.2, 0.25) is 0 Å². The molecule has 0 aliphatic carbocycles. The van der Waals surface area contributed by atoms with Gasteiger partial charge in [-0.1, -0.05) is 27.7 Å². The highest BCUT2D eigenvalue weighted by Crippen LogP contribution is 2.49. The molecular weight excluding hydrogens is 184 g/mol. The fraction of sp³-hybridized carbons (Fsp3) is 1.00.